The van der Waals surface area contributed by atoms with Crippen molar-refractivity contribution in [1.29, 1.82) is 0 Å². The number of anilines is 1. The second-order valence-electron chi connectivity index (χ2n) is 5.14. The number of halogens is 1. The molecule has 1 aromatic heterocycles. The number of hydrogen-bond acceptors (Lipinski definition) is 6. The van der Waals surface area contributed by atoms with Crippen molar-refractivity contribution in [3.8, 4) is 0 Å². The number of rotatable bonds is 6. The fourth-order valence-electron chi connectivity index (χ4n) is 2.28. The Hall–Kier alpha value is -2.80. The van der Waals surface area contributed by atoms with Crippen LogP contribution in [0, 0.1) is 6.92 Å². The lowest BCUT2D eigenvalue weighted by atomic mass is 10.1. The minimum Gasteiger partial charge on any atom is -0.462 e. The third-order valence-electron chi connectivity index (χ3n) is 3.36. The van der Waals surface area contributed by atoms with Crippen LogP contribution in [-0.2, 0) is 9.47 Å². The van der Waals surface area contributed by atoms with Gasteiger partial charge >= 0.3 is 11.9 Å². The molecule has 26 heavy (non-hydrogen) atoms. The lowest BCUT2D eigenvalue weighted by Gasteiger charge is -2.07. The number of aryl methyl sites for hydroxylation is 1. The van der Waals surface area contributed by atoms with Gasteiger partial charge in [-0.05, 0) is 39.0 Å². The number of carbonyl (C=O) groups excluding carboxylic acids is 3. The number of hydrogen-bond donors (Lipinski definition) is 1. The van der Waals surface area contributed by atoms with Crippen LogP contribution >= 0.6 is 11.6 Å². The van der Waals surface area contributed by atoms with Crippen molar-refractivity contribution in [3.63, 3.8) is 0 Å². The minimum atomic E-state index is -0.797. The van der Waals surface area contributed by atoms with Crippen LogP contribution in [0.15, 0.2) is 28.7 Å². The molecule has 0 aliphatic rings. The summed E-state index contributed by atoms with van der Waals surface area (Å²) in [7, 11) is 0. The standard InChI is InChI=1S/C18H18ClNO6/c1-4-24-17(22)13-10(3)26-16(14(13)18(23)25-5-2)20-15(21)11-7-6-8-12(19)9-11/h6-9H,4-5H2,1-3H3,(H,20,21). The van der Waals surface area contributed by atoms with Gasteiger partial charge in [0.1, 0.15) is 16.9 Å². The molecule has 0 radical (unpaired) electrons. The molecule has 2 aromatic rings. The number of furan rings is 1. The molecule has 0 bridgehead atoms. The summed E-state index contributed by atoms with van der Waals surface area (Å²) in [5.74, 6) is -2.14. The van der Waals surface area contributed by atoms with Gasteiger partial charge in [-0.1, -0.05) is 17.7 Å². The summed E-state index contributed by atoms with van der Waals surface area (Å²) in [5.41, 5.74) is 0.00363. The van der Waals surface area contributed by atoms with Gasteiger partial charge in [0.05, 0.1) is 13.2 Å². The summed E-state index contributed by atoms with van der Waals surface area (Å²) >= 11 is 5.88. The van der Waals surface area contributed by atoms with Crippen LogP contribution in [-0.4, -0.2) is 31.1 Å². The molecule has 0 aliphatic heterocycles. The molecule has 1 amide bonds. The summed E-state index contributed by atoms with van der Waals surface area (Å²) in [6, 6.07) is 6.25. The lowest BCUT2D eigenvalue weighted by molar-refractivity contribution is 0.0480. The van der Waals surface area contributed by atoms with E-state index >= 15 is 0 Å². The molecule has 0 saturated heterocycles. The average Bonchev–Trinajstić information content (AvgIpc) is 2.91. The Labute approximate surface area is 155 Å². The highest BCUT2D eigenvalue weighted by atomic mass is 35.5. The van der Waals surface area contributed by atoms with Crippen LogP contribution in [0.1, 0.15) is 50.7 Å². The van der Waals surface area contributed by atoms with E-state index in [1.165, 1.54) is 13.0 Å². The van der Waals surface area contributed by atoms with Gasteiger partial charge in [0.2, 0.25) is 5.88 Å². The van der Waals surface area contributed by atoms with Gasteiger partial charge in [-0.2, -0.15) is 0 Å². The largest absolute Gasteiger partial charge is 0.462 e. The van der Waals surface area contributed by atoms with Gasteiger partial charge in [-0.25, -0.2) is 9.59 Å². The molecule has 1 N–H and O–H groups in total. The third-order valence-corrected chi connectivity index (χ3v) is 3.59. The molecule has 0 unspecified atom stereocenters. The van der Waals surface area contributed by atoms with E-state index in [0.29, 0.717) is 5.02 Å². The number of amides is 1. The van der Waals surface area contributed by atoms with E-state index in [-0.39, 0.29) is 41.5 Å². The highest BCUT2D eigenvalue weighted by Crippen LogP contribution is 2.29. The molecule has 8 heteroatoms. The Morgan fingerprint density at radius 2 is 1.69 bits per heavy atom. The Balaban J connectivity index is 2.44. The van der Waals surface area contributed by atoms with Crippen molar-refractivity contribution in [1.82, 2.24) is 0 Å². The molecule has 0 spiro atoms. The summed E-state index contributed by atoms with van der Waals surface area (Å²) in [6.07, 6.45) is 0. The van der Waals surface area contributed by atoms with Crippen molar-refractivity contribution in [2.75, 3.05) is 18.5 Å². The van der Waals surface area contributed by atoms with Crippen molar-refractivity contribution in [3.05, 3.63) is 51.7 Å². The highest BCUT2D eigenvalue weighted by molar-refractivity contribution is 6.31. The van der Waals surface area contributed by atoms with Crippen molar-refractivity contribution in [2.24, 2.45) is 0 Å². The van der Waals surface area contributed by atoms with Crippen molar-refractivity contribution >= 4 is 35.3 Å². The van der Waals surface area contributed by atoms with E-state index in [1.54, 1.807) is 32.0 Å². The van der Waals surface area contributed by atoms with Crippen LogP contribution in [0.5, 0.6) is 0 Å². The van der Waals surface area contributed by atoms with Gasteiger partial charge in [0, 0.05) is 10.6 Å². The first-order chi connectivity index (χ1) is 12.4. The summed E-state index contributed by atoms with van der Waals surface area (Å²) < 4.78 is 15.4. The number of esters is 2. The quantitative estimate of drug-likeness (QED) is 0.766. The second-order valence-corrected chi connectivity index (χ2v) is 5.58. The molecule has 0 fully saturated rings. The summed E-state index contributed by atoms with van der Waals surface area (Å²) in [6.45, 7) is 4.96. The highest BCUT2D eigenvalue weighted by Gasteiger charge is 2.31. The molecule has 0 aliphatic carbocycles. The Bertz CT molecular complexity index is 842. The predicted molar refractivity (Wildman–Crippen MR) is 94.8 cm³/mol. The fraction of sp³-hybridized carbons (Fsp3) is 0.278. The van der Waals surface area contributed by atoms with E-state index in [9.17, 15) is 14.4 Å². The first kappa shape index (κ1) is 19.5. The monoisotopic (exact) mass is 379 g/mol. The minimum absolute atomic E-state index is 0.0771. The van der Waals surface area contributed by atoms with Gasteiger partial charge in [0.15, 0.2) is 0 Å². The van der Waals surface area contributed by atoms with Gasteiger partial charge in [-0.15, -0.1) is 0 Å². The number of nitrogens with one attached hydrogen (secondary N) is 1. The lowest BCUT2D eigenvalue weighted by Crippen LogP contribution is -2.17. The van der Waals surface area contributed by atoms with Crippen LogP contribution in [0.4, 0.5) is 5.88 Å². The molecule has 0 atom stereocenters. The maximum absolute atomic E-state index is 12.4. The fourth-order valence-corrected chi connectivity index (χ4v) is 2.48. The zero-order valence-electron chi connectivity index (χ0n) is 14.6. The maximum Gasteiger partial charge on any atom is 0.344 e. The van der Waals surface area contributed by atoms with Crippen LogP contribution in [0.25, 0.3) is 0 Å². The topological polar surface area (TPSA) is 94.8 Å². The van der Waals surface area contributed by atoms with Gasteiger partial charge < -0.3 is 13.9 Å². The maximum atomic E-state index is 12.4. The number of benzene rings is 1. The van der Waals surface area contributed by atoms with Crippen molar-refractivity contribution in [2.45, 2.75) is 20.8 Å². The number of carbonyl (C=O) groups is 3. The molecule has 0 saturated carbocycles. The van der Waals surface area contributed by atoms with E-state index in [1.807, 2.05) is 0 Å². The van der Waals surface area contributed by atoms with Crippen LogP contribution in [0.2, 0.25) is 5.02 Å². The summed E-state index contributed by atoms with van der Waals surface area (Å²) in [5, 5.41) is 2.86. The van der Waals surface area contributed by atoms with Crippen LogP contribution < -0.4 is 5.32 Å². The normalized spacial score (nSPS) is 10.3. The smallest absolute Gasteiger partial charge is 0.344 e. The van der Waals surface area contributed by atoms with Gasteiger partial charge in [0.25, 0.3) is 5.91 Å². The first-order valence-electron chi connectivity index (χ1n) is 7.93. The Morgan fingerprint density at radius 1 is 1.08 bits per heavy atom. The molecule has 1 heterocycles. The number of ether oxygens (including phenoxy) is 2. The molecular weight excluding hydrogens is 362 g/mol. The predicted octanol–water partition coefficient (Wildman–Crippen LogP) is 3.85. The van der Waals surface area contributed by atoms with E-state index in [2.05, 4.69) is 5.32 Å². The third kappa shape index (κ3) is 4.23. The molecule has 138 valence electrons. The van der Waals surface area contributed by atoms with E-state index in [4.69, 9.17) is 25.5 Å². The SMILES string of the molecule is CCOC(=O)c1c(C)oc(NC(=O)c2cccc(Cl)c2)c1C(=O)OCC. The molecule has 1 aromatic carbocycles. The molecule has 7 nitrogen and oxygen atoms in total. The zero-order chi connectivity index (χ0) is 19.3. The molecule has 2 rings (SSSR count). The van der Waals surface area contributed by atoms with Crippen molar-refractivity contribution < 1.29 is 28.3 Å². The Kier molecular flexibility index (Phi) is 6.41. The Morgan fingerprint density at radius 3 is 2.27 bits per heavy atom. The molecular formula is C18H18ClNO6. The van der Waals surface area contributed by atoms with Crippen LogP contribution in [0.3, 0.4) is 0 Å². The van der Waals surface area contributed by atoms with Gasteiger partial charge in [-0.3, -0.25) is 10.1 Å². The first-order valence-corrected chi connectivity index (χ1v) is 8.31. The summed E-state index contributed by atoms with van der Waals surface area (Å²) in [4.78, 5) is 36.9. The van der Waals surface area contributed by atoms with E-state index in [0.717, 1.165) is 0 Å². The average molecular weight is 380 g/mol. The zero-order valence-corrected chi connectivity index (χ0v) is 15.3. The second kappa shape index (κ2) is 8.53. The van der Waals surface area contributed by atoms with E-state index < -0.39 is 17.8 Å².